The summed E-state index contributed by atoms with van der Waals surface area (Å²) in [5, 5.41) is 28.7. The topological polar surface area (TPSA) is 60.7 Å². The molecule has 1 rings (SSSR count). The molecule has 1 aliphatic rings. The lowest BCUT2D eigenvalue weighted by molar-refractivity contribution is 0.00293. The molecule has 0 aliphatic heterocycles. The van der Waals surface area contributed by atoms with Crippen molar-refractivity contribution in [1.29, 1.82) is 0 Å². The van der Waals surface area contributed by atoms with Crippen LogP contribution in [0, 0.1) is 11.8 Å². The Balaban J connectivity index is 2.71. The molecule has 0 radical (unpaired) electrons. The number of hydrogen-bond acceptors (Lipinski definition) is 3. The fourth-order valence-electron chi connectivity index (χ4n) is 2.19. The van der Waals surface area contributed by atoms with Crippen LogP contribution in [0.4, 0.5) is 0 Å². The predicted molar refractivity (Wildman–Crippen MR) is 45.6 cm³/mol. The summed E-state index contributed by atoms with van der Waals surface area (Å²) in [6, 6.07) is 0. The van der Waals surface area contributed by atoms with Gasteiger partial charge in [0.05, 0.1) is 18.3 Å². The van der Waals surface area contributed by atoms with Gasteiger partial charge >= 0.3 is 0 Å². The molecule has 3 N–H and O–H groups in total. The van der Waals surface area contributed by atoms with Crippen LogP contribution in [0.1, 0.15) is 26.7 Å². The van der Waals surface area contributed by atoms with Gasteiger partial charge in [0.2, 0.25) is 0 Å². The van der Waals surface area contributed by atoms with E-state index in [0.29, 0.717) is 0 Å². The summed E-state index contributed by atoms with van der Waals surface area (Å²) in [5.41, 5.74) is 0. The molecule has 0 aromatic rings. The highest BCUT2D eigenvalue weighted by Gasteiger charge is 2.46. The summed E-state index contributed by atoms with van der Waals surface area (Å²) in [6.07, 6.45) is -0.582. The van der Waals surface area contributed by atoms with Crippen molar-refractivity contribution in [2.24, 2.45) is 11.8 Å². The number of aliphatic hydroxyl groups excluding tert-OH is 3. The molecule has 1 aliphatic carbocycles. The second-order valence-electron chi connectivity index (χ2n) is 3.62. The van der Waals surface area contributed by atoms with E-state index in [2.05, 4.69) is 0 Å². The molecule has 72 valence electrons. The summed E-state index contributed by atoms with van der Waals surface area (Å²) in [5.74, 6) is -0.296. The molecule has 3 heteroatoms. The Morgan fingerprint density at radius 1 is 0.750 bits per heavy atom. The van der Waals surface area contributed by atoms with Crippen molar-refractivity contribution in [3.05, 3.63) is 0 Å². The minimum atomic E-state index is -0.741. The van der Waals surface area contributed by atoms with Gasteiger partial charge in [-0.05, 0) is 12.8 Å². The van der Waals surface area contributed by atoms with Crippen LogP contribution in [0.3, 0.4) is 0 Å². The standard InChI is InChI=1S/C9H18O3/c1-3-5-7(10)6(4-2)9(12)8(5)11/h5-12H,3-4H2,1-2H3/t5?,6?,7-,8+,9?/m0/s1. The van der Waals surface area contributed by atoms with Crippen molar-refractivity contribution in [2.45, 2.75) is 45.0 Å². The van der Waals surface area contributed by atoms with E-state index in [1.54, 1.807) is 0 Å². The lowest BCUT2D eigenvalue weighted by atomic mass is 9.96. The third kappa shape index (κ3) is 1.37. The van der Waals surface area contributed by atoms with Gasteiger partial charge in [0.25, 0.3) is 0 Å². The van der Waals surface area contributed by atoms with Gasteiger partial charge in [-0.2, -0.15) is 0 Å². The highest BCUT2D eigenvalue weighted by molar-refractivity contribution is 4.96. The van der Waals surface area contributed by atoms with Gasteiger partial charge < -0.3 is 15.3 Å². The van der Waals surface area contributed by atoms with Crippen LogP contribution < -0.4 is 0 Å². The smallest absolute Gasteiger partial charge is 0.0855 e. The molecule has 0 spiro atoms. The van der Waals surface area contributed by atoms with Gasteiger partial charge in [-0.25, -0.2) is 0 Å². The van der Waals surface area contributed by atoms with Gasteiger partial charge in [-0.1, -0.05) is 13.8 Å². The molecule has 0 aromatic heterocycles. The summed E-state index contributed by atoms with van der Waals surface area (Å²) in [4.78, 5) is 0. The molecule has 12 heavy (non-hydrogen) atoms. The normalized spacial score (nSPS) is 48.2. The van der Waals surface area contributed by atoms with Crippen molar-refractivity contribution in [2.75, 3.05) is 0 Å². The molecule has 5 atom stereocenters. The number of hydrogen-bond donors (Lipinski definition) is 3. The van der Waals surface area contributed by atoms with E-state index in [9.17, 15) is 15.3 Å². The SMILES string of the molecule is CCC1C(O)[C@H](O)C(CC)[C@@H]1O. The zero-order valence-corrected chi connectivity index (χ0v) is 7.64. The van der Waals surface area contributed by atoms with Crippen LogP contribution in [-0.2, 0) is 0 Å². The average molecular weight is 174 g/mol. The van der Waals surface area contributed by atoms with Crippen molar-refractivity contribution in [3.8, 4) is 0 Å². The first-order chi connectivity index (χ1) is 5.63. The Labute approximate surface area is 73.0 Å². The first-order valence-electron chi connectivity index (χ1n) is 4.67. The van der Waals surface area contributed by atoms with Crippen LogP contribution in [-0.4, -0.2) is 33.6 Å². The van der Waals surface area contributed by atoms with Gasteiger partial charge in [0.1, 0.15) is 0 Å². The van der Waals surface area contributed by atoms with Gasteiger partial charge in [-0.15, -0.1) is 0 Å². The maximum absolute atomic E-state index is 9.67. The van der Waals surface area contributed by atoms with E-state index in [0.717, 1.165) is 12.8 Å². The molecule has 3 nitrogen and oxygen atoms in total. The maximum atomic E-state index is 9.67. The van der Waals surface area contributed by atoms with E-state index < -0.39 is 18.3 Å². The van der Waals surface area contributed by atoms with Crippen molar-refractivity contribution >= 4 is 0 Å². The molecule has 3 unspecified atom stereocenters. The quantitative estimate of drug-likeness (QED) is 0.558. The molecule has 0 amide bonds. The second kappa shape index (κ2) is 3.73. The van der Waals surface area contributed by atoms with Gasteiger partial charge in [0.15, 0.2) is 0 Å². The molecular weight excluding hydrogens is 156 g/mol. The molecule has 0 aromatic carbocycles. The molecule has 0 saturated heterocycles. The number of aliphatic hydroxyl groups is 3. The Morgan fingerprint density at radius 2 is 1.08 bits per heavy atom. The Morgan fingerprint density at radius 3 is 1.25 bits per heavy atom. The molecule has 0 bridgehead atoms. The molecule has 1 saturated carbocycles. The third-order valence-electron chi connectivity index (χ3n) is 3.05. The predicted octanol–water partition coefficient (Wildman–Crippen LogP) is 0.135. The van der Waals surface area contributed by atoms with Gasteiger partial charge in [-0.3, -0.25) is 0 Å². The first kappa shape index (κ1) is 9.96. The fourth-order valence-corrected chi connectivity index (χ4v) is 2.19. The highest BCUT2D eigenvalue weighted by atomic mass is 16.3. The lowest BCUT2D eigenvalue weighted by Gasteiger charge is -2.17. The maximum Gasteiger partial charge on any atom is 0.0855 e. The van der Waals surface area contributed by atoms with Crippen LogP contribution in [0.5, 0.6) is 0 Å². The minimum absolute atomic E-state index is 0.148. The third-order valence-corrected chi connectivity index (χ3v) is 3.05. The molecule has 0 heterocycles. The summed E-state index contributed by atoms with van der Waals surface area (Å²) >= 11 is 0. The summed E-state index contributed by atoms with van der Waals surface area (Å²) in [7, 11) is 0. The zero-order chi connectivity index (χ0) is 9.30. The van der Waals surface area contributed by atoms with E-state index in [1.807, 2.05) is 13.8 Å². The Hall–Kier alpha value is -0.120. The number of rotatable bonds is 2. The Bertz CT molecular complexity index is 133. The highest BCUT2D eigenvalue weighted by Crippen LogP contribution is 2.35. The lowest BCUT2D eigenvalue weighted by Crippen LogP contribution is -2.27. The van der Waals surface area contributed by atoms with Crippen LogP contribution in [0.25, 0.3) is 0 Å². The summed E-state index contributed by atoms with van der Waals surface area (Å²) in [6.45, 7) is 3.84. The largest absolute Gasteiger partial charge is 0.392 e. The van der Waals surface area contributed by atoms with Crippen molar-refractivity contribution in [1.82, 2.24) is 0 Å². The van der Waals surface area contributed by atoms with Crippen molar-refractivity contribution in [3.63, 3.8) is 0 Å². The van der Waals surface area contributed by atoms with E-state index in [-0.39, 0.29) is 11.8 Å². The van der Waals surface area contributed by atoms with E-state index in [4.69, 9.17) is 0 Å². The van der Waals surface area contributed by atoms with Crippen LogP contribution in [0.15, 0.2) is 0 Å². The van der Waals surface area contributed by atoms with E-state index in [1.165, 1.54) is 0 Å². The minimum Gasteiger partial charge on any atom is -0.392 e. The zero-order valence-electron chi connectivity index (χ0n) is 7.64. The van der Waals surface area contributed by atoms with E-state index >= 15 is 0 Å². The van der Waals surface area contributed by atoms with Crippen molar-refractivity contribution < 1.29 is 15.3 Å². The molecular formula is C9H18O3. The Kier molecular flexibility index (Phi) is 3.09. The average Bonchev–Trinajstić information content (AvgIpc) is 2.25. The first-order valence-corrected chi connectivity index (χ1v) is 4.67. The summed E-state index contributed by atoms with van der Waals surface area (Å²) < 4.78 is 0. The molecule has 1 fully saturated rings. The van der Waals surface area contributed by atoms with Crippen LogP contribution >= 0.6 is 0 Å². The monoisotopic (exact) mass is 174 g/mol. The fraction of sp³-hybridized carbons (Fsp3) is 1.00. The van der Waals surface area contributed by atoms with Gasteiger partial charge in [0, 0.05) is 11.8 Å². The second-order valence-corrected chi connectivity index (χ2v) is 3.62. The van der Waals surface area contributed by atoms with Crippen LogP contribution in [0.2, 0.25) is 0 Å².